The largest absolute Gasteiger partial charge is 0.341 e. The lowest BCUT2D eigenvalue weighted by Crippen LogP contribution is -2.44. The van der Waals surface area contributed by atoms with E-state index in [-0.39, 0.29) is 11.8 Å². The Morgan fingerprint density at radius 1 is 1.05 bits per heavy atom. The molecule has 0 aromatic rings. The van der Waals surface area contributed by atoms with Gasteiger partial charge in [-0.15, -0.1) is 0 Å². The van der Waals surface area contributed by atoms with Crippen LogP contribution < -0.4 is 5.73 Å². The molecule has 0 radical (unpaired) electrons. The monoisotopic (exact) mass is 271 g/mol. The van der Waals surface area contributed by atoms with Crippen molar-refractivity contribution in [3.05, 3.63) is 0 Å². The standard InChI is InChI=1S/C15H33N3O/c1-12(2)9-14(10-16)15(19)18(11-13(3)4)8-7-17(5)6/h12-14H,7-11,16H2,1-6H3. The number of hydrogen-bond acceptors (Lipinski definition) is 3. The van der Waals surface area contributed by atoms with E-state index in [2.05, 4.69) is 32.6 Å². The van der Waals surface area contributed by atoms with Gasteiger partial charge in [-0.25, -0.2) is 0 Å². The van der Waals surface area contributed by atoms with Crippen LogP contribution in [0.4, 0.5) is 0 Å². The maximum Gasteiger partial charge on any atom is 0.227 e. The fraction of sp³-hybridized carbons (Fsp3) is 0.933. The average Bonchev–Trinajstić information content (AvgIpc) is 2.29. The Bertz CT molecular complexity index is 252. The molecule has 4 nitrogen and oxygen atoms in total. The van der Waals surface area contributed by atoms with Crippen LogP contribution in [0.1, 0.15) is 34.1 Å². The van der Waals surface area contributed by atoms with Crippen LogP contribution in [0.5, 0.6) is 0 Å². The topological polar surface area (TPSA) is 49.6 Å². The van der Waals surface area contributed by atoms with Crippen LogP contribution in [0.2, 0.25) is 0 Å². The maximum absolute atomic E-state index is 12.6. The maximum atomic E-state index is 12.6. The van der Waals surface area contributed by atoms with E-state index in [1.165, 1.54) is 0 Å². The summed E-state index contributed by atoms with van der Waals surface area (Å²) in [5.74, 6) is 1.20. The van der Waals surface area contributed by atoms with Gasteiger partial charge in [0.1, 0.15) is 0 Å². The quantitative estimate of drug-likeness (QED) is 0.694. The third-order valence-corrected chi connectivity index (χ3v) is 3.10. The molecule has 0 aliphatic heterocycles. The lowest BCUT2D eigenvalue weighted by atomic mass is 9.95. The van der Waals surface area contributed by atoms with Gasteiger partial charge in [-0.3, -0.25) is 4.79 Å². The van der Waals surface area contributed by atoms with E-state index in [1.807, 2.05) is 19.0 Å². The van der Waals surface area contributed by atoms with Crippen molar-refractivity contribution in [1.82, 2.24) is 9.80 Å². The molecule has 0 saturated carbocycles. The van der Waals surface area contributed by atoms with E-state index >= 15 is 0 Å². The highest BCUT2D eigenvalue weighted by Crippen LogP contribution is 2.14. The molecule has 0 aliphatic rings. The molecule has 0 aliphatic carbocycles. The fourth-order valence-electron chi connectivity index (χ4n) is 2.18. The normalized spacial score (nSPS) is 13.4. The number of carbonyl (C=O) groups is 1. The molecule has 1 unspecified atom stereocenters. The number of hydrogen-bond donors (Lipinski definition) is 1. The van der Waals surface area contributed by atoms with Gasteiger partial charge in [0, 0.05) is 26.2 Å². The molecule has 0 rings (SSSR count). The van der Waals surface area contributed by atoms with Gasteiger partial charge in [-0.1, -0.05) is 27.7 Å². The van der Waals surface area contributed by atoms with Crippen LogP contribution in [0.15, 0.2) is 0 Å². The second-order valence-electron chi connectivity index (χ2n) is 6.54. The molecule has 0 saturated heterocycles. The summed E-state index contributed by atoms with van der Waals surface area (Å²) in [6.45, 7) is 11.5. The van der Waals surface area contributed by atoms with Crippen molar-refractivity contribution >= 4 is 5.91 Å². The molecule has 0 spiro atoms. The lowest BCUT2D eigenvalue weighted by Gasteiger charge is -2.30. The first-order chi connectivity index (χ1) is 8.77. The molecule has 1 amide bonds. The van der Waals surface area contributed by atoms with E-state index < -0.39 is 0 Å². The zero-order valence-electron chi connectivity index (χ0n) is 13.6. The predicted molar refractivity (Wildman–Crippen MR) is 82.0 cm³/mol. The number of likely N-dealkylation sites (N-methyl/N-ethyl adjacent to an activating group) is 1. The van der Waals surface area contributed by atoms with Gasteiger partial charge in [0.25, 0.3) is 0 Å². The highest BCUT2D eigenvalue weighted by Gasteiger charge is 2.24. The molecule has 2 N–H and O–H groups in total. The van der Waals surface area contributed by atoms with Crippen LogP contribution in [0, 0.1) is 17.8 Å². The number of carbonyl (C=O) groups excluding carboxylic acids is 1. The highest BCUT2D eigenvalue weighted by atomic mass is 16.2. The van der Waals surface area contributed by atoms with E-state index in [4.69, 9.17) is 5.73 Å². The Labute approximate surface area is 119 Å². The zero-order chi connectivity index (χ0) is 15.0. The van der Waals surface area contributed by atoms with Gasteiger partial charge in [0.15, 0.2) is 0 Å². The van der Waals surface area contributed by atoms with Gasteiger partial charge in [0.2, 0.25) is 5.91 Å². The van der Waals surface area contributed by atoms with Gasteiger partial charge in [0.05, 0.1) is 5.92 Å². The van der Waals surface area contributed by atoms with Gasteiger partial charge >= 0.3 is 0 Å². The van der Waals surface area contributed by atoms with Crippen molar-refractivity contribution in [3.63, 3.8) is 0 Å². The number of amides is 1. The summed E-state index contributed by atoms with van der Waals surface area (Å²) in [5.41, 5.74) is 5.79. The van der Waals surface area contributed by atoms with Crippen molar-refractivity contribution in [3.8, 4) is 0 Å². The Hall–Kier alpha value is -0.610. The second kappa shape index (κ2) is 9.32. The summed E-state index contributed by atoms with van der Waals surface area (Å²) in [6, 6.07) is 0. The highest BCUT2D eigenvalue weighted by molar-refractivity contribution is 5.79. The molecule has 0 fully saturated rings. The average molecular weight is 271 g/mol. The third kappa shape index (κ3) is 8.22. The SMILES string of the molecule is CC(C)CC(CN)C(=O)N(CCN(C)C)CC(C)C. The summed E-state index contributed by atoms with van der Waals surface area (Å²) in [6.07, 6.45) is 0.881. The Kier molecular flexibility index (Phi) is 9.02. The van der Waals surface area contributed by atoms with Crippen LogP contribution in [-0.4, -0.2) is 56.0 Å². The number of rotatable bonds is 9. The van der Waals surface area contributed by atoms with Crippen LogP contribution in [0.25, 0.3) is 0 Å². The summed E-state index contributed by atoms with van der Waals surface area (Å²) in [4.78, 5) is 16.7. The molecular formula is C15H33N3O. The molecule has 114 valence electrons. The first kappa shape index (κ1) is 18.4. The molecule has 1 atom stereocenters. The first-order valence-electron chi connectivity index (χ1n) is 7.41. The third-order valence-electron chi connectivity index (χ3n) is 3.10. The predicted octanol–water partition coefficient (Wildman–Crippen LogP) is 1.65. The summed E-state index contributed by atoms with van der Waals surface area (Å²) >= 11 is 0. The van der Waals surface area contributed by atoms with Gasteiger partial charge in [-0.2, -0.15) is 0 Å². The van der Waals surface area contributed by atoms with Crippen molar-refractivity contribution in [2.45, 2.75) is 34.1 Å². The van der Waals surface area contributed by atoms with Crippen molar-refractivity contribution < 1.29 is 4.79 Å². The minimum absolute atomic E-state index is 0.0269. The van der Waals surface area contributed by atoms with E-state index in [1.54, 1.807) is 0 Å². The van der Waals surface area contributed by atoms with Gasteiger partial charge < -0.3 is 15.5 Å². The van der Waals surface area contributed by atoms with E-state index in [0.717, 1.165) is 26.1 Å². The first-order valence-corrected chi connectivity index (χ1v) is 7.41. The Balaban J connectivity index is 4.65. The minimum Gasteiger partial charge on any atom is -0.341 e. The molecule has 0 aromatic heterocycles. The summed E-state index contributed by atoms with van der Waals surface area (Å²) in [5, 5.41) is 0. The molecule has 19 heavy (non-hydrogen) atoms. The summed E-state index contributed by atoms with van der Waals surface area (Å²) in [7, 11) is 4.07. The fourth-order valence-corrected chi connectivity index (χ4v) is 2.18. The van der Waals surface area contributed by atoms with Crippen molar-refractivity contribution in [2.75, 3.05) is 40.3 Å². The second-order valence-corrected chi connectivity index (χ2v) is 6.54. The molecular weight excluding hydrogens is 238 g/mol. The van der Waals surface area contributed by atoms with Crippen LogP contribution in [-0.2, 0) is 4.79 Å². The molecule has 0 aromatic carbocycles. The number of nitrogens with two attached hydrogens (primary N) is 1. The van der Waals surface area contributed by atoms with Crippen LogP contribution >= 0.6 is 0 Å². The minimum atomic E-state index is -0.0269. The Morgan fingerprint density at radius 3 is 2.00 bits per heavy atom. The van der Waals surface area contributed by atoms with E-state index in [9.17, 15) is 4.79 Å². The van der Waals surface area contributed by atoms with Gasteiger partial charge in [-0.05, 0) is 32.4 Å². The number of nitrogens with zero attached hydrogens (tertiary/aromatic N) is 2. The van der Waals surface area contributed by atoms with Crippen LogP contribution in [0.3, 0.4) is 0 Å². The smallest absolute Gasteiger partial charge is 0.227 e. The van der Waals surface area contributed by atoms with E-state index in [0.29, 0.717) is 18.4 Å². The summed E-state index contributed by atoms with van der Waals surface area (Å²) < 4.78 is 0. The Morgan fingerprint density at radius 2 is 1.63 bits per heavy atom. The molecule has 0 bridgehead atoms. The molecule has 4 heteroatoms. The van der Waals surface area contributed by atoms with Crippen molar-refractivity contribution in [2.24, 2.45) is 23.5 Å². The van der Waals surface area contributed by atoms with Crippen molar-refractivity contribution in [1.29, 1.82) is 0 Å². The molecule has 0 heterocycles. The zero-order valence-corrected chi connectivity index (χ0v) is 13.6. The lowest BCUT2D eigenvalue weighted by molar-refractivity contribution is -0.136.